The van der Waals surface area contributed by atoms with E-state index in [4.69, 9.17) is 0 Å². The Kier molecular flexibility index (Phi) is 4.15. The SMILES string of the molecule is CCC(C)C(O)Cc1cccc(C)c1. The molecular weight excluding hydrogens is 172 g/mol. The second-order valence-electron chi connectivity index (χ2n) is 4.15. The van der Waals surface area contributed by atoms with Crippen molar-refractivity contribution < 1.29 is 5.11 Å². The first-order valence-corrected chi connectivity index (χ1v) is 5.37. The molecule has 78 valence electrons. The molecule has 0 heterocycles. The van der Waals surface area contributed by atoms with E-state index in [0.717, 1.165) is 12.8 Å². The van der Waals surface area contributed by atoms with Crippen molar-refractivity contribution in [1.29, 1.82) is 0 Å². The maximum absolute atomic E-state index is 9.86. The van der Waals surface area contributed by atoms with Crippen LogP contribution in [0.15, 0.2) is 24.3 Å². The monoisotopic (exact) mass is 192 g/mol. The zero-order valence-electron chi connectivity index (χ0n) is 9.33. The van der Waals surface area contributed by atoms with Gasteiger partial charge < -0.3 is 5.11 Å². The van der Waals surface area contributed by atoms with Gasteiger partial charge in [0.25, 0.3) is 0 Å². The van der Waals surface area contributed by atoms with Gasteiger partial charge in [0.2, 0.25) is 0 Å². The molecule has 1 heteroatoms. The molecule has 1 rings (SSSR count). The lowest BCUT2D eigenvalue weighted by molar-refractivity contribution is 0.115. The fourth-order valence-corrected chi connectivity index (χ4v) is 1.55. The van der Waals surface area contributed by atoms with Crippen LogP contribution in [0.2, 0.25) is 0 Å². The summed E-state index contributed by atoms with van der Waals surface area (Å²) in [5.74, 6) is 0.385. The van der Waals surface area contributed by atoms with Crippen molar-refractivity contribution in [2.45, 2.75) is 39.7 Å². The summed E-state index contributed by atoms with van der Waals surface area (Å²) >= 11 is 0. The molecular formula is C13H20O. The molecule has 0 radical (unpaired) electrons. The normalized spacial score (nSPS) is 15.1. The highest BCUT2D eigenvalue weighted by atomic mass is 16.3. The van der Waals surface area contributed by atoms with Crippen LogP contribution in [0.25, 0.3) is 0 Å². The zero-order valence-corrected chi connectivity index (χ0v) is 9.33. The molecule has 0 amide bonds. The quantitative estimate of drug-likeness (QED) is 0.777. The second kappa shape index (κ2) is 5.16. The molecule has 0 bridgehead atoms. The fourth-order valence-electron chi connectivity index (χ4n) is 1.55. The minimum absolute atomic E-state index is 0.207. The Hall–Kier alpha value is -0.820. The third-order valence-corrected chi connectivity index (χ3v) is 2.83. The Morgan fingerprint density at radius 2 is 2.07 bits per heavy atom. The van der Waals surface area contributed by atoms with Gasteiger partial charge in [0.1, 0.15) is 0 Å². The van der Waals surface area contributed by atoms with Gasteiger partial charge in [-0.3, -0.25) is 0 Å². The highest BCUT2D eigenvalue weighted by molar-refractivity contribution is 5.22. The van der Waals surface area contributed by atoms with E-state index in [2.05, 4.69) is 39.0 Å². The molecule has 0 aliphatic heterocycles. The van der Waals surface area contributed by atoms with Crippen molar-refractivity contribution in [3.8, 4) is 0 Å². The van der Waals surface area contributed by atoms with Crippen molar-refractivity contribution in [3.63, 3.8) is 0 Å². The molecule has 0 aliphatic rings. The fraction of sp³-hybridized carbons (Fsp3) is 0.538. The van der Waals surface area contributed by atoms with Gasteiger partial charge in [0.15, 0.2) is 0 Å². The highest BCUT2D eigenvalue weighted by Crippen LogP contribution is 2.14. The number of hydrogen-bond acceptors (Lipinski definition) is 1. The van der Waals surface area contributed by atoms with Gasteiger partial charge in [-0.1, -0.05) is 50.1 Å². The van der Waals surface area contributed by atoms with Crippen molar-refractivity contribution >= 4 is 0 Å². The summed E-state index contributed by atoms with van der Waals surface area (Å²) in [7, 11) is 0. The van der Waals surface area contributed by atoms with Crippen LogP contribution in [0.3, 0.4) is 0 Å². The van der Waals surface area contributed by atoms with Gasteiger partial charge in [0.05, 0.1) is 6.10 Å². The molecule has 2 atom stereocenters. The van der Waals surface area contributed by atoms with Gasteiger partial charge >= 0.3 is 0 Å². The summed E-state index contributed by atoms with van der Waals surface area (Å²) in [6.45, 7) is 6.30. The van der Waals surface area contributed by atoms with Crippen molar-refractivity contribution in [3.05, 3.63) is 35.4 Å². The number of aliphatic hydroxyl groups is 1. The minimum Gasteiger partial charge on any atom is -0.393 e. The topological polar surface area (TPSA) is 20.2 Å². The van der Waals surface area contributed by atoms with Crippen LogP contribution in [-0.2, 0) is 6.42 Å². The zero-order chi connectivity index (χ0) is 10.6. The summed E-state index contributed by atoms with van der Waals surface area (Å²) in [6.07, 6.45) is 1.60. The Morgan fingerprint density at radius 3 is 2.64 bits per heavy atom. The van der Waals surface area contributed by atoms with E-state index in [9.17, 15) is 5.11 Å². The van der Waals surface area contributed by atoms with Crippen LogP contribution in [0.4, 0.5) is 0 Å². The minimum atomic E-state index is -0.207. The van der Waals surface area contributed by atoms with E-state index in [1.165, 1.54) is 11.1 Å². The first-order chi connectivity index (χ1) is 6.63. The predicted molar refractivity (Wildman–Crippen MR) is 60.3 cm³/mol. The van der Waals surface area contributed by atoms with E-state index in [1.54, 1.807) is 0 Å². The molecule has 0 aliphatic carbocycles. The maximum Gasteiger partial charge on any atom is 0.0605 e. The number of aryl methyl sites for hydroxylation is 1. The molecule has 1 aromatic carbocycles. The average Bonchev–Trinajstić information content (AvgIpc) is 2.16. The van der Waals surface area contributed by atoms with Gasteiger partial charge in [-0.2, -0.15) is 0 Å². The van der Waals surface area contributed by atoms with Crippen LogP contribution >= 0.6 is 0 Å². The van der Waals surface area contributed by atoms with E-state index >= 15 is 0 Å². The van der Waals surface area contributed by atoms with Crippen LogP contribution in [-0.4, -0.2) is 11.2 Å². The van der Waals surface area contributed by atoms with Gasteiger partial charge in [0, 0.05) is 0 Å². The molecule has 0 fully saturated rings. The van der Waals surface area contributed by atoms with Gasteiger partial charge in [-0.25, -0.2) is 0 Å². The molecule has 1 aromatic rings. The summed E-state index contributed by atoms with van der Waals surface area (Å²) in [6, 6.07) is 8.36. The number of hydrogen-bond donors (Lipinski definition) is 1. The molecule has 2 unspecified atom stereocenters. The molecule has 0 saturated carbocycles. The largest absolute Gasteiger partial charge is 0.393 e. The molecule has 0 spiro atoms. The standard InChI is InChI=1S/C13H20O/c1-4-11(3)13(14)9-12-7-5-6-10(2)8-12/h5-8,11,13-14H,4,9H2,1-3H3. The third-order valence-electron chi connectivity index (χ3n) is 2.83. The first-order valence-electron chi connectivity index (χ1n) is 5.37. The number of aliphatic hydroxyl groups excluding tert-OH is 1. The number of benzene rings is 1. The van der Waals surface area contributed by atoms with Crippen LogP contribution in [0, 0.1) is 12.8 Å². The number of rotatable bonds is 4. The third kappa shape index (κ3) is 3.15. The van der Waals surface area contributed by atoms with Crippen molar-refractivity contribution in [2.24, 2.45) is 5.92 Å². The van der Waals surface area contributed by atoms with Crippen molar-refractivity contribution in [2.75, 3.05) is 0 Å². The van der Waals surface area contributed by atoms with Crippen LogP contribution in [0.5, 0.6) is 0 Å². The lowest BCUT2D eigenvalue weighted by atomic mass is 9.95. The average molecular weight is 192 g/mol. The smallest absolute Gasteiger partial charge is 0.0605 e. The molecule has 1 nitrogen and oxygen atoms in total. The summed E-state index contributed by atoms with van der Waals surface area (Å²) in [4.78, 5) is 0. The van der Waals surface area contributed by atoms with Gasteiger partial charge in [-0.15, -0.1) is 0 Å². The summed E-state index contributed by atoms with van der Waals surface area (Å²) in [5, 5.41) is 9.86. The Balaban J connectivity index is 2.60. The van der Waals surface area contributed by atoms with Crippen molar-refractivity contribution in [1.82, 2.24) is 0 Å². The Labute approximate surface area is 86.8 Å². The maximum atomic E-state index is 9.86. The van der Waals surface area contributed by atoms with Crippen LogP contribution < -0.4 is 0 Å². The molecule has 1 N–H and O–H groups in total. The molecule has 14 heavy (non-hydrogen) atoms. The summed E-state index contributed by atoms with van der Waals surface area (Å²) < 4.78 is 0. The second-order valence-corrected chi connectivity index (χ2v) is 4.15. The highest BCUT2D eigenvalue weighted by Gasteiger charge is 2.12. The van der Waals surface area contributed by atoms with E-state index in [1.807, 2.05) is 6.07 Å². The first kappa shape index (κ1) is 11.3. The van der Waals surface area contributed by atoms with E-state index in [0.29, 0.717) is 5.92 Å². The lowest BCUT2D eigenvalue weighted by Crippen LogP contribution is -2.19. The summed E-state index contributed by atoms with van der Waals surface area (Å²) in [5.41, 5.74) is 2.50. The predicted octanol–water partition coefficient (Wildman–Crippen LogP) is 2.94. The molecule has 0 saturated heterocycles. The van der Waals surface area contributed by atoms with E-state index < -0.39 is 0 Å². The Morgan fingerprint density at radius 1 is 1.36 bits per heavy atom. The van der Waals surface area contributed by atoms with Crippen LogP contribution in [0.1, 0.15) is 31.4 Å². The molecule has 0 aromatic heterocycles. The van der Waals surface area contributed by atoms with Gasteiger partial charge in [-0.05, 0) is 24.8 Å². The Bertz CT molecular complexity index is 280. The van der Waals surface area contributed by atoms with E-state index in [-0.39, 0.29) is 6.10 Å². The lowest BCUT2D eigenvalue weighted by Gasteiger charge is -2.17.